The van der Waals surface area contributed by atoms with E-state index in [-0.39, 0.29) is 11.9 Å². The molecule has 1 unspecified atom stereocenters. The topological polar surface area (TPSA) is 55.1 Å². The molecule has 3 N–H and O–H groups in total. The molecule has 4 heteroatoms. The Morgan fingerprint density at radius 2 is 2.19 bits per heavy atom. The van der Waals surface area contributed by atoms with Crippen LogP contribution in [0.25, 0.3) is 0 Å². The Bertz CT molecular complexity index is 635. The third-order valence-electron chi connectivity index (χ3n) is 4.06. The molecule has 0 saturated heterocycles. The summed E-state index contributed by atoms with van der Waals surface area (Å²) in [6, 6.07) is 10.1. The summed E-state index contributed by atoms with van der Waals surface area (Å²) < 4.78 is 0. The van der Waals surface area contributed by atoms with Crippen molar-refractivity contribution in [3.8, 4) is 0 Å². The SMILES string of the molecule is Nc1ccccc1CCC(=O)NC1CCCc2sccc21. The first kappa shape index (κ1) is 14.1. The number of thiophene rings is 1. The van der Waals surface area contributed by atoms with Crippen LogP contribution in [0.1, 0.15) is 41.3 Å². The Morgan fingerprint density at radius 1 is 1.33 bits per heavy atom. The number of anilines is 1. The number of nitrogen functional groups attached to an aromatic ring is 1. The van der Waals surface area contributed by atoms with Gasteiger partial charge < -0.3 is 11.1 Å². The predicted molar refractivity (Wildman–Crippen MR) is 87.3 cm³/mol. The van der Waals surface area contributed by atoms with Gasteiger partial charge >= 0.3 is 0 Å². The molecule has 0 saturated carbocycles. The molecular formula is C17H20N2OS. The molecule has 3 nitrogen and oxygen atoms in total. The number of carbonyl (C=O) groups is 1. The number of hydrogen-bond acceptors (Lipinski definition) is 3. The summed E-state index contributed by atoms with van der Waals surface area (Å²) in [5.74, 6) is 0.113. The second-order valence-electron chi connectivity index (χ2n) is 5.51. The van der Waals surface area contributed by atoms with E-state index in [4.69, 9.17) is 5.73 Å². The summed E-state index contributed by atoms with van der Waals surface area (Å²) in [6.07, 6.45) is 4.54. The highest BCUT2D eigenvalue weighted by molar-refractivity contribution is 7.10. The van der Waals surface area contributed by atoms with Gasteiger partial charge in [0.25, 0.3) is 0 Å². The van der Waals surface area contributed by atoms with Gasteiger partial charge in [-0.15, -0.1) is 11.3 Å². The van der Waals surface area contributed by atoms with E-state index in [1.807, 2.05) is 24.3 Å². The third-order valence-corrected chi connectivity index (χ3v) is 5.06. The molecule has 1 aliphatic carbocycles. The maximum absolute atomic E-state index is 12.2. The number of nitrogens with one attached hydrogen (secondary N) is 1. The first-order valence-corrected chi connectivity index (χ1v) is 8.31. The van der Waals surface area contributed by atoms with E-state index in [2.05, 4.69) is 16.8 Å². The largest absolute Gasteiger partial charge is 0.399 e. The molecule has 110 valence electrons. The molecule has 0 spiro atoms. The summed E-state index contributed by atoms with van der Waals surface area (Å²) >= 11 is 1.80. The lowest BCUT2D eigenvalue weighted by Gasteiger charge is -2.23. The number of aryl methyl sites for hydroxylation is 2. The van der Waals surface area contributed by atoms with Crippen molar-refractivity contribution >= 4 is 22.9 Å². The van der Waals surface area contributed by atoms with Crippen LogP contribution in [0, 0.1) is 0 Å². The van der Waals surface area contributed by atoms with Gasteiger partial charge in [0.2, 0.25) is 5.91 Å². The Labute approximate surface area is 129 Å². The average Bonchev–Trinajstić information content (AvgIpc) is 2.96. The zero-order valence-corrected chi connectivity index (χ0v) is 12.8. The quantitative estimate of drug-likeness (QED) is 0.850. The summed E-state index contributed by atoms with van der Waals surface area (Å²) in [6.45, 7) is 0. The van der Waals surface area contributed by atoms with Gasteiger partial charge in [-0.1, -0.05) is 18.2 Å². The Kier molecular flexibility index (Phi) is 4.25. The van der Waals surface area contributed by atoms with Gasteiger partial charge in [-0.25, -0.2) is 0 Å². The average molecular weight is 300 g/mol. The van der Waals surface area contributed by atoms with Crippen LogP contribution in [0.5, 0.6) is 0 Å². The Morgan fingerprint density at radius 3 is 3.05 bits per heavy atom. The monoisotopic (exact) mass is 300 g/mol. The van der Waals surface area contributed by atoms with Crippen molar-refractivity contribution in [2.24, 2.45) is 0 Å². The van der Waals surface area contributed by atoms with E-state index in [1.54, 1.807) is 11.3 Å². The molecule has 1 atom stereocenters. The fourth-order valence-electron chi connectivity index (χ4n) is 2.91. The maximum atomic E-state index is 12.2. The van der Waals surface area contributed by atoms with E-state index >= 15 is 0 Å². The first-order chi connectivity index (χ1) is 10.2. The Balaban J connectivity index is 1.57. The normalized spacial score (nSPS) is 17.2. The molecule has 0 radical (unpaired) electrons. The lowest BCUT2D eigenvalue weighted by Crippen LogP contribution is -2.30. The van der Waals surface area contributed by atoms with E-state index < -0.39 is 0 Å². The van der Waals surface area contributed by atoms with Gasteiger partial charge in [-0.3, -0.25) is 4.79 Å². The summed E-state index contributed by atoms with van der Waals surface area (Å²) in [5, 5.41) is 5.30. The molecule has 1 aromatic heterocycles. The number of nitrogens with two attached hydrogens (primary N) is 1. The second kappa shape index (κ2) is 6.31. The van der Waals surface area contributed by atoms with Gasteiger partial charge in [0, 0.05) is 17.0 Å². The molecule has 3 rings (SSSR count). The van der Waals surface area contributed by atoms with Crippen LogP contribution in [0.15, 0.2) is 35.7 Å². The number of benzene rings is 1. The molecule has 1 heterocycles. The molecule has 21 heavy (non-hydrogen) atoms. The van der Waals surface area contributed by atoms with Crippen LogP contribution >= 0.6 is 11.3 Å². The standard InChI is InChI=1S/C17H20N2OS/c18-14-5-2-1-4-12(14)8-9-17(20)19-15-6-3-7-16-13(15)10-11-21-16/h1-2,4-5,10-11,15H,3,6-9,18H2,(H,19,20). The summed E-state index contributed by atoms with van der Waals surface area (Å²) in [7, 11) is 0. The molecule has 1 amide bonds. The van der Waals surface area contributed by atoms with Crippen molar-refractivity contribution in [3.05, 3.63) is 51.7 Å². The van der Waals surface area contributed by atoms with E-state index in [1.165, 1.54) is 10.4 Å². The lowest BCUT2D eigenvalue weighted by molar-refractivity contribution is -0.121. The number of hydrogen-bond donors (Lipinski definition) is 2. The van der Waals surface area contributed by atoms with Gasteiger partial charge in [-0.05, 0) is 54.3 Å². The second-order valence-corrected chi connectivity index (χ2v) is 6.51. The molecule has 0 bridgehead atoms. The molecule has 0 fully saturated rings. The van der Waals surface area contributed by atoms with Crippen molar-refractivity contribution in [1.29, 1.82) is 0 Å². The fraction of sp³-hybridized carbons (Fsp3) is 0.353. The molecule has 1 aliphatic rings. The number of amides is 1. The first-order valence-electron chi connectivity index (χ1n) is 7.43. The molecule has 2 aromatic rings. The van der Waals surface area contributed by atoms with Crippen LogP contribution in [0.2, 0.25) is 0 Å². The Hall–Kier alpha value is -1.81. The zero-order valence-electron chi connectivity index (χ0n) is 12.0. The highest BCUT2D eigenvalue weighted by Crippen LogP contribution is 2.33. The van der Waals surface area contributed by atoms with Gasteiger partial charge in [0.05, 0.1) is 6.04 Å². The van der Waals surface area contributed by atoms with Crippen LogP contribution in [-0.2, 0) is 17.6 Å². The summed E-state index contributed by atoms with van der Waals surface area (Å²) in [5.41, 5.74) is 9.04. The van der Waals surface area contributed by atoms with Crippen molar-refractivity contribution in [3.63, 3.8) is 0 Å². The smallest absolute Gasteiger partial charge is 0.220 e. The summed E-state index contributed by atoms with van der Waals surface area (Å²) in [4.78, 5) is 13.6. The highest BCUT2D eigenvalue weighted by Gasteiger charge is 2.22. The minimum atomic E-state index is 0.113. The van der Waals surface area contributed by atoms with E-state index in [9.17, 15) is 4.79 Å². The number of carbonyl (C=O) groups excluding carboxylic acids is 1. The van der Waals surface area contributed by atoms with Crippen LogP contribution in [0.4, 0.5) is 5.69 Å². The maximum Gasteiger partial charge on any atom is 0.220 e. The van der Waals surface area contributed by atoms with E-state index in [0.717, 1.165) is 30.5 Å². The zero-order chi connectivity index (χ0) is 14.7. The van der Waals surface area contributed by atoms with Gasteiger partial charge in [0.1, 0.15) is 0 Å². The van der Waals surface area contributed by atoms with E-state index in [0.29, 0.717) is 12.8 Å². The van der Waals surface area contributed by atoms with Gasteiger partial charge in [-0.2, -0.15) is 0 Å². The van der Waals surface area contributed by atoms with Crippen molar-refractivity contribution in [2.75, 3.05) is 5.73 Å². The predicted octanol–water partition coefficient (Wildman–Crippen LogP) is 3.46. The van der Waals surface area contributed by atoms with Crippen molar-refractivity contribution in [2.45, 2.75) is 38.1 Å². The van der Waals surface area contributed by atoms with Crippen LogP contribution < -0.4 is 11.1 Å². The minimum absolute atomic E-state index is 0.113. The molecule has 1 aromatic carbocycles. The third kappa shape index (κ3) is 3.27. The minimum Gasteiger partial charge on any atom is -0.399 e. The van der Waals surface area contributed by atoms with Crippen molar-refractivity contribution < 1.29 is 4.79 Å². The molecule has 0 aliphatic heterocycles. The fourth-order valence-corrected chi connectivity index (χ4v) is 3.90. The van der Waals surface area contributed by atoms with Crippen LogP contribution in [-0.4, -0.2) is 5.91 Å². The lowest BCUT2D eigenvalue weighted by atomic mass is 9.94. The number of rotatable bonds is 4. The molecular weight excluding hydrogens is 280 g/mol. The van der Waals surface area contributed by atoms with Crippen molar-refractivity contribution in [1.82, 2.24) is 5.32 Å². The van der Waals surface area contributed by atoms with Crippen LogP contribution in [0.3, 0.4) is 0 Å². The highest BCUT2D eigenvalue weighted by atomic mass is 32.1. The number of para-hydroxylation sites is 1. The van der Waals surface area contributed by atoms with Gasteiger partial charge in [0.15, 0.2) is 0 Å². The number of fused-ring (bicyclic) bond motifs is 1.